The molecule has 1 amide bonds. The van der Waals surface area contributed by atoms with Gasteiger partial charge in [-0.15, -0.1) is 11.8 Å². The van der Waals surface area contributed by atoms with E-state index in [4.69, 9.17) is 5.73 Å². The predicted molar refractivity (Wildman–Crippen MR) is 94.6 cm³/mol. The molecule has 0 radical (unpaired) electrons. The number of nitrogens with zero attached hydrogens (tertiary/aromatic N) is 3. The summed E-state index contributed by atoms with van der Waals surface area (Å²) >= 11 is 0.545. The van der Waals surface area contributed by atoms with Crippen LogP contribution in [0.2, 0.25) is 0 Å². The molecule has 0 spiro atoms. The minimum Gasteiger partial charge on any atom is -0.401 e. The van der Waals surface area contributed by atoms with Crippen molar-refractivity contribution in [1.82, 2.24) is 9.88 Å². The maximum Gasteiger partial charge on any atom is 0.397 e. The quantitative estimate of drug-likeness (QED) is 0.742. The number of hydrogen-bond donors (Lipinski definition) is 1. The molecule has 1 rings (SSSR count). The molecule has 5 nitrogen and oxygen atoms in total. The van der Waals surface area contributed by atoms with Gasteiger partial charge < -0.3 is 10.6 Å². The van der Waals surface area contributed by atoms with E-state index in [1.807, 2.05) is 0 Å². The van der Waals surface area contributed by atoms with Crippen LogP contribution < -0.4 is 5.73 Å². The van der Waals surface area contributed by atoms with Crippen LogP contribution in [-0.2, 0) is 4.79 Å². The van der Waals surface area contributed by atoms with E-state index >= 15 is 0 Å². The zero-order valence-corrected chi connectivity index (χ0v) is 15.1. The fraction of sp³-hybridized carbons (Fsp3) is 0.438. The van der Waals surface area contributed by atoms with E-state index in [0.29, 0.717) is 28.8 Å². The summed E-state index contributed by atoms with van der Waals surface area (Å²) in [6, 6.07) is 3.44. The van der Waals surface area contributed by atoms with Gasteiger partial charge in [-0.3, -0.25) is 14.8 Å². The van der Waals surface area contributed by atoms with Gasteiger partial charge in [-0.25, -0.2) is 0 Å². The molecule has 0 saturated carbocycles. The molecule has 0 aromatic carbocycles. The van der Waals surface area contributed by atoms with Gasteiger partial charge in [0, 0.05) is 18.4 Å². The molecule has 0 bridgehead atoms. The van der Waals surface area contributed by atoms with Crippen molar-refractivity contribution in [2.75, 3.05) is 12.3 Å². The van der Waals surface area contributed by atoms with Crippen molar-refractivity contribution in [2.24, 2.45) is 10.7 Å². The summed E-state index contributed by atoms with van der Waals surface area (Å²) in [5.41, 5.74) is 7.12. The number of halogens is 3. The van der Waals surface area contributed by atoms with Gasteiger partial charge >= 0.3 is 6.18 Å². The first-order chi connectivity index (χ1) is 11.7. The second-order valence-electron chi connectivity index (χ2n) is 5.19. The van der Waals surface area contributed by atoms with Gasteiger partial charge in [0.25, 0.3) is 0 Å². The third-order valence-corrected chi connectivity index (χ3v) is 4.30. The Bertz CT molecular complexity index is 628. The number of thioether (sulfide) groups is 1. The Labute approximate surface area is 149 Å². The van der Waals surface area contributed by atoms with Crippen LogP contribution in [0.4, 0.5) is 18.9 Å². The highest BCUT2D eigenvalue weighted by Crippen LogP contribution is 2.25. The number of pyridine rings is 1. The fourth-order valence-electron chi connectivity index (χ4n) is 1.91. The van der Waals surface area contributed by atoms with Gasteiger partial charge in [-0.2, -0.15) is 13.2 Å². The van der Waals surface area contributed by atoms with Crippen LogP contribution in [0.25, 0.3) is 0 Å². The first-order valence-electron chi connectivity index (χ1n) is 7.56. The average molecular weight is 374 g/mol. The molecule has 0 saturated heterocycles. The number of nitrogens with two attached hydrogens (primary N) is 1. The van der Waals surface area contributed by atoms with E-state index in [1.165, 1.54) is 18.0 Å². The maximum atomic E-state index is 12.5. The summed E-state index contributed by atoms with van der Waals surface area (Å²) in [4.78, 5) is 22.0. The lowest BCUT2D eigenvalue weighted by Gasteiger charge is -2.26. The summed E-state index contributed by atoms with van der Waals surface area (Å²) in [7, 11) is 0. The molecule has 1 aromatic rings. The molecule has 2 N–H and O–H groups in total. The van der Waals surface area contributed by atoms with Crippen molar-refractivity contribution >= 4 is 29.6 Å². The molecule has 1 atom stereocenters. The van der Waals surface area contributed by atoms with Crippen LogP contribution >= 0.6 is 11.8 Å². The monoisotopic (exact) mass is 374 g/mol. The Morgan fingerprint density at radius 2 is 2.20 bits per heavy atom. The van der Waals surface area contributed by atoms with Crippen LogP contribution in [0.15, 0.2) is 40.9 Å². The summed E-state index contributed by atoms with van der Waals surface area (Å²) in [5.74, 6) is -1.53. The Morgan fingerprint density at radius 1 is 1.52 bits per heavy atom. The first-order valence-corrected chi connectivity index (χ1v) is 8.60. The largest absolute Gasteiger partial charge is 0.401 e. The Kier molecular flexibility index (Phi) is 7.95. The van der Waals surface area contributed by atoms with Gasteiger partial charge in [-0.05, 0) is 32.9 Å². The summed E-state index contributed by atoms with van der Waals surface area (Å²) in [6.07, 6.45) is 0.251. The van der Waals surface area contributed by atoms with Crippen molar-refractivity contribution in [2.45, 2.75) is 32.2 Å². The summed E-state index contributed by atoms with van der Waals surface area (Å²) < 4.78 is 37.1. The molecule has 0 aliphatic carbocycles. The lowest BCUT2D eigenvalue weighted by atomic mass is 10.2. The minimum atomic E-state index is -4.32. The van der Waals surface area contributed by atoms with Crippen LogP contribution in [0.1, 0.15) is 20.8 Å². The minimum absolute atomic E-state index is 0.263. The van der Waals surface area contributed by atoms with Gasteiger partial charge in [-0.1, -0.05) is 0 Å². The number of rotatable bonds is 7. The van der Waals surface area contributed by atoms with Gasteiger partial charge in [0.2, 0.25) is 5.91 Å². The summed E-state index contributed by atoms with van der Waals surface area (Å²) in [6.45, 7) is 5.04. The first kappa shape index (κ1) is 21.0. The predicted octanol–water partition coefficient (Wildman–Crippen LogP) is 3.51. The van der Waals surface area contributed by atoms with Gasteiger partial charge in [0.05, 0.1) is 34.8 Å². The fourth-order valence-corrected chi connectivity index (χ4v) is 2.61. The number of carbonyl (C=O) groups is 1. The normalized spacial score (nSPS) is 14.3. The molecular weight excluding hydrogens is 353 g/mol. The van der Waals surface area contributed by atoms with E-state index in [9.17, 15) is 18.0 Å². The van der Waals surface area contributed by atoms with Crippen LogP contribution in [-0.4, -0.2) is 45.7 Å². The number of alkyl halides is 3. The number of aromatic nitrogens is 1. The smallest absolute Gasteiger partial charge is 0.397 e. The van der Waals surface area contributed by atoms with E-state index in [-0.39, 0.29) is 6.54 Å². The molecule has 1 heterocycles. The lowest BCUT2D eigenvalue weighted by molar-refractivity contribution is -0.128. The third kappa shape index (κ3) is 7.16. The Hall–Kier alpha value is -2.03. The second kappa shape index (κ2) is 9.45. The summed E-state index contributed by atoms with van der Waals surface area (Å²) in [5, 5.41) is -0.859. The number of hydrogen-bond acceptors (Lipinski definition) is 5. The lowest BCUT2D eigenvalue weighted by Crippen LogP contribution is -2.38. The van der Waals surface area contributed by atoms with Crippen LogP contribution in [0, 0.1) is 0 Å². The maximum absolute atomic E-state index is 12.5. The average Bonchev–Trinajstić information content (AvgIpc) is 2.55. The molecule has 0 aliphatic heterocycles. The Balaban J connectivity index is 2.94. The van der Waals surface area contributed by atoms with Crippen LogP contribution in [0.3, 0.4) is 0 Å². The molecular formula is C16H21F3N4OS. The van der Waals surface area contributed by atoms with E-state index in [0.717, 1.165) is 0 Å². The van der Waals surface area contributed by atoms with E-state index < -0.39 is 23.1 Å². The van der Waals surface area contributed by atoms with E-state index in [2.05, 4.69) is 9.98 Å². The van der Waals surface area contributed by atoms with E-state index in [1.54, 1.807) is 38.4 Å². The third-order valence-electron chi connectivity index (χ3n) is 3.10. The van der Waals surface area contributed by atoms with Crippen LogP contribution in [0.5, 0.6) is 0 Å². The zero-order chi connectivity index (χ0) is 19.0. The van der Waals surface area contributed by atoms with Gasteiger partial charge in [0.1, 0.15) is 0 Å². The molecule has 0 fully saturated rings. The highest BCUT2D eigenvalue weighted by atomic mass is 32.2. The SMILES string of the molecule is CCN(C(=O)C(C)SCC(F)(F)F)/C(C=Nc1cccnc1)=C(\C)N. The van der Waals surface area contributed by atoms with Crippen molar-refractivity contribution in [3.8, 4) is 0 Å². The number of aliphatic imine (C=N–C) groups is 1. The molecule has 25 heavy (non-hydrogen) atoms. The zero-order valence-electron chi connectivity index (χ0n) is 14.2. The van der Waals surface area contributed by atoms with Crippen molar-refractivity contribution in [1.29, 1.82) is 0 Å². The molecule has 1 unspecified atom stereocenters. The van der Waals surface area contributed by atoms with Crippen molar-refractivity contribution in [3.63, 3.8) is 0 Å². The molecule has 138 valence electrons. The highest BCUT2D eigenvalue weighted by Gasteiger charge is 2.31. The molecule has 9 heteroatoms. The standard InChI is InChI=1S/C16H21F3N4OS/c1-4-23(15(24)12(3)25-10-16(17,18)19)14(11(2)20)9-22-13-6-5-7-21-8-13/h5-9,12H,4,10,20H2,1-3H3/b14-11+,22-9?. The number of amides is 1. The molecule has 1 aromatic heterocycles. The molecule has 0 aliphatic rings. The van der Waals surface area contributed by atoms with Gasteiger partial charge in [0.15, 0.2) is 0 Å². The topological polar surface area (TPSA) is 71.6 Å². The number of carbonyl (C=O) groups excluding carboxylic acids is 1. The number of allylic oxidation sites excluding steroid dienone is 2. The highest BCUT2D eigenvalue weighted by molar-refractivity contribution is 8.00. The Morgan fingerprint density at radius 3 is 2.68 bits per heavy atom. The van der Waals surface area contributed by atoms with Crippen molar-refractivity contribution in [3.05, 3.63) is 35.9 Å². The van der Waals surface area contributed by atoms with Crippen molar-refractivity contribution < 1.29 is 18.0 Å². The second-order valence-corrected chi connectivity index (χ2v) is 6.52.